The molecule has 0 fully saturated rings. The van der Waals surface area contributed by atoms with Crippen LogP contribution in [0.3, 0.4) is 0 Å². The second-order valence-electron chi connectivity index (χ2n) is 4.28. The van der Waals surface area contributed by atoms with Gasteiger partial charge in [-0.2, -0.15) is 0 Å². The number of carbonyl (C=O) groups excluding carboxylic acids is 1. The number of rotatable bonds is 7. The Bertz CT molecular complexity index is 394. The number of hydrogen-bond acceptors (Lipinski definition) is 4. The Morgan fingerprint density at radius 2 is 2.05 bits per heavy atom. The number of aliphatic hydroxyl groups is 1. The number of hydrogen-bond donors (Lipinski definition) is 2. The third kappa shape index (κ3) is 5.19. The lowest BCUT2D eigenvalue weighted by Gasteiger charge is -2.23. The van der Waals surface area contributed by atoms with E-state index in [0.29, 0.717) is 11.4 Å². The molecule has 1 aromatic carbocycles. The van der Waals surface area contributed by atoms with Crippen molar-refractivity contribution in [1.82, 2.24) is 5.32 Å². The molecule has 0 amide bonds. The van der Waals surface area contributed by atoms with Crippen LogP contribution in [0.2, 0.25) is 5.02 Å². The molecular formula is C14H20ClNO3. The minimum Gasteiger partial charge on any atom is -0.469 e. The van der Waals surface area contributed by atoms with Crippen LogP contribution in [-0.4, -0.2) is 30.8 Å². The van der Waals surface area contributed by atoms with E-state index in [1.54, 1.807) is 24.3 Å². The van der Waals surface area contributed by atoms with Gasteiger partial charge in [-0.1, -0.05) is 30.7 Å². The average molecular weight is 286 g/mol. The van der Waals surface area contributed by atoms with Crippen molar-refractivity contribution < 1.29 is 14.6 Å². The van der Waals surface area contributed by atoms with Gasteiger partial charge in [0.15, 0.2) is 0 Å². The zero-order valence-electron chi connectivity index (χ0n) is 11.2. The first-order valence-corrected chi connectivity index (χ1v) is 6.70. The summed E-state index contributed by atoms with van der Waals surface area (Å²) < 4.78 is 4.61. The Hall–Kier alpha value is -1.10. The standard InChI is InChI=1S/C14H20ClNO3/c1-3-16-12(8-9-13(17)19-2)14(18)10-4-6-11(15)7-5-10/h4-7,12,14,16,18H,3,8-9H2,1-2H3. The molecule has 0 radical (unpaired) electrons. The van der Waals surface area contributed by atoms with Crippen molar-refractivity contribution in [3.63, 3.8) is 0 Å². The molecular weight excluding hydrogens is 266 g/mol. The van der Waals surface area contributed by atoms with Crippen LogP contribution in [-0.2, 0) is 9.53 Å². The number of likely N-dealkylation sites (N-methyl/N-ethyl adjacent to an activating group) is 1. The minimum absolute atomic E-state index is 0.190. The maximum absolute atomic E-state index is 11.2. The van der Waals surface area contributed by atoms with E-state index >= 15 is 0 Å². The normalized spacial score (nSPS) is 13.9. The minimum atomic E-state index is -0.679. The van der Waals surface area contributed by atoms with Gasteiger partial charge < -0.3 is 15.2 Å². The van der Waals surface area contributed by atoms with Gasteiger partial charge in [-0.15, -0.1) is 0 Å². The molecule has 1 rings (SSSR count). The summed E-state index contributed by atoms with van der Waals surface area (Å²) in [7, 11) is 1.36. The Labute approximate surface area is 118 Å². The fourth-order valence-corrected chi connectivity index (χ4v) is 2.03. The topological polar surface area (TPSA) is 58.6 Å². The summed E-state index contributed by atoms with van der Waals surface area (Å²) in [6.45, 7) is 2.68. The first kappa shape index (κ1) is 16.0. The van der Waals surface area contributed by atoms with Crippen LogP contribution < -0.4 is 5.32 Å². The van der Waals surface area contributed by atoms with E-state index in [-0.39, 0.29) is 18.4 Å². The van der Waals surface area contributed by atoms with Crippen LogP contribution in [0.1, 0.15) is 31.4 Å². The van der Waals surface area contributed by atoms with Crippen LogP contribution in [0.5, 0.6) is 0 Å². The number of halogens is 1. The van der Waals surface area contributed by atoms with Crippen molar-refractivity contribution in [2.24, 2.45) is 0 Å². The molecule has 4 nitrogen and oxygen atoms in total. The van der Waals surface area contributed by atoms with E-state index in [1.165, 1.54) is 7.11 Å². The highest BCUT2D eigenvalue weighted by molar-refractivity contribution is 6.30. The van der Waals surface area contributed by atoms with Crippen molar-refractivity contribution in [1.29, 1.82) is 0 Å². The Balaban J connectivity index is 2.68. The van der Waals surface area contributed by atoms with Gasteiger partial charge in [0, 0.05) is 17.5 Å². The fraction of sp³-hybridized carbons (Fsp3) is 0.500. The lowest BCUT2D eigenvalue weighted by atomic mass is 9.98. The van der Waals surface area contributed by atoms with E-state index in [1.807, 2.05) is 6.92 Å². The number of benzene rings is 1. The van der Waals surface area contributed by atoms with Crippen molar-refractivity contribution in [3.8, 4) is 0 Å². The van der Waals surface area contributed by atoms with Crippen LogP contribution >= 0.6 is 11.6 Å². The SMILES string of the molecule is CCNC(CCC(=O)OC)C(O)c1ccc(Cl)cc1. The second kappa shape index (κ2) is 8.15. The largest absolute Gasteiger partial charge is 0.469 e. The van der Waals surface area contributed by atoms with Gasteiger partial charge in [0.05, 0.1) is 13.2 Å². The van der Waals surface area contributed by atoms with E-state index < -0.39 is 6.10 Å². The summed E-state index contributed by atoms with van der Waals surface area (Å²) in [6.07, 6.45) is 0.116. The third-order valence-electron chi connectivity index (χ3n) is 2.95. The van der Waals surface area contributed by atoms with Crippen LogP contribution in [0.4, 0.5) is 0 Å². The zero-order valence-corrected chi connectivity index (χ0v) is 12.0. The van der Waals surface area contributed by atoms with Crippen LogP contribution in [0.15, 0.2) is 24.3 Å². The molecule has 5 heteroatoms. The number of aliphatic hydroxyl groups excluding tert-OH is 1. The van der Waals surface area contributed by atoms with Gasteiger partial charge in [-0.3, -0.25) is 4.79 Å². The van der Waals surface area contributed by atoms with Crippen LogP contribution in [0.25, 0.3) is 0 Å². The first-order valence-electron chi connectivity index (χ1n) is 6.32. The molecule has 0 spiro atoms. The van der Waals surface area contributed by atoms with E-state index in [9.17, 15) is 9.90 Å². The molecule has 106 valence electrons. The maximum atomic E-state index is 11.2. The number of ether oxygens (including phenoxy) is 1. The lowest BCUT2D eigenvalue weighted by molar-refractivity contribution is -0.141. The number of nitrogens with one attached hydrogen (secondary N) is 1. The third-order valence-corrected chi connectivity index (χ3v) is 3.20. The molecule has 2 N–H and O–H groups in total. The highest BCUT2D eigenvalue weighted by atomic mass is 35.5. The zero-order chi connectivity index (χ0) is 14.3. The molecule has 2 atom stereocenters. The van der Waals surface area contributed by atoms with Gasteiger partial charge in [0.2, 0.25) is 0 Å². The van der Waals surface area contributed by atoms with E-state index in [4.69, 9.17) is 11.6 Å². The predicted molar refractivity (Wildman–Crippen MR) is 75.1 cm³/mol. The summed E-state index contributed by atoms with van der Waals surface area (Å²) in [5.41, 5.74) is 0.778. The second-order valence-corrected chi connectivity index (χ2v) is 4.71. The van der Waals surface area contributed by atoms with Crippen LogP contribution in [0, 0.1) is 0 Å². The molecule has 0 aromatic heterocycles. The maximum Gasteiger partial charge on any atom is 0.305 e. The highest BCUT2D eigenvalue weighted by Crippen LogP contribution is 2.22. The van der Waals surface area contributed by atoms with E-state index in [2.05, 4.69) is 10.1 Å². The smallest absolute Gasteiger partial charge is 0.305 e. The summed E-state index contributed by atoms with van der Waals surface area (Å²) in [5.74, 6) is -0.272. The van der Waals surface area contributed by atoms with Gasteiger partial charge in [0.1, 0.15) is 0 Å². The number of esters is 1. The molecule has 19 heavy (non-hydrogen) atoms. The Morgan fingerprint density at radius 3 is 2.58 bits per heavy atom. The number of methoxy groups -OCH3 is 1. The summed E-state index contributed by atoms with van der Waals surface area (Å²) in [6, 6.07) is 6.86. The highest BCUT2D eigenvalue weighted by Gasteiger charge is 2.21. The molecule has 0 saturated carbocycles. The Morgan fingerprint density at radius 1 is 1.42 bits per heavy atom. The van der Waals surface area contributed by atoms with Gasteiger partial charge in [-0.25, -0.2) is 0 Å². The predicted octanol–water partition coefficient (Wildman–Crippen LogP) is 2.30. The number of carbonyl (C=O) groups is 1. The molecule has 0 saturated heterocycles. The van der Waals surface area contributed by atoms with Gasteiger partial charge >= 0.3 is 5.97 Å². The quantitative estimate of drug-likeness (QED) is 0.755. The molecule has 0 heterocycles. The Kier molecular flexibility index (Phi) is 6.84. The summed E-state index contributed by atoms with van der Waals surface area (Å²) in [5, 5.41) is 14.1. The molecule has 0 bridgehead atoms. The summed E-state index contributed by atoms with van der Waals surface area (Å²) in [4.78, 5) is 11.2. The van der Waals surface area contributed by atoms with Gasteiger partial charge in [0.25, 0.3) is 0 Å². The first-order chi connectivity index (χ1) is 9.08. The average Bonchev–Trinajstić information content (AvgIpc) is 2.43. The fourth-order valence-electron chi connectivity index (χ4n) is 1.90. The molecule has 0 aliphatic carbocycles. The van der Waals surface area contributed by atoms with Crippen molar-refractivity contribution in [2.45, 2.75) is 31.9 Å². The lowest BCUT2D eigenvalue weighted by Crippen LogP contribution is -2.35. The molecule has 0 aliphatic rings. The molecule has 1 aromatic rings. The summed E-state index contributed by atoms with van der Waals surface area (Å²) >= 11 is 5.82. The van der Waals surface area contributed by atoms with E-state index in [0.717, 1.165) is 12.1 Å². The molecule has 2 unspecified atom stereocenters. The molecule has 0 aliphatic heterocycles. The van der Waals surface area contributed by atoms with Crippen molar-refractivity contribution in [2.75, 3.05) is 13.7 Å². The van der Waals surface area contributed by atoms with Gasteiger partial charge in [-0.05, 0) is 30.7 Å². The monoisotopic (exact) mass is 285 g/mol. The van der Waals surface area contributed by atoms with Crippen molar-refractivity contribution in [3.05, 3.63) is 34.9 Å². The van der Waals surface area contributed by atoms with Crippen molar-refractivity contribution >= 4 is 17.6 Å².